The number of piperidine rings is 1. The molecule has 0 bridgehead atoms. The van der Waals surface area contributed by atoms with E-state index in [1.807, 2.05) is 36.4 Å². The van der Waals surface area contributed by atoms with Crippen molar-refractivity contribution < 1.29 is 9.32 Å². The maximum Gasteiger partial charge on any atom is 0.246 e. The second-order valence-electron chi connectivity index (χ2n) is 7.43. The summed E-state index contributed by atoms with van der Waals surface area (Å²) in [5, 5.41) is 11.0. The number of amides is 1. The number of benzene rings is 1. The van der Waals surface area contributed by atoms with Crippen LogP contribution in [0.15, 0.2) is 59.9 Å². The maximum absolute atomic E-state index is 12.6. The summed E-state index contributed by atoms with van der Waals surface area (Å²) in [5.41, 5.74) is 0.873. The molecular weight excluding hydrogens is 410 g/mol. The molecule has 1 amide bonds. The lowest BCUT2D eigenvalue weighted by molar-refractivity contribution is -0.125. The standard InChI is InChI=1S/C21H21N9O2/c31-21(23-11-19-27-20(28-32-19)15-4-2-1-3-5-15)16-6-8-29(9-7-16)17-10-18(25-13-24-17)30-14-22-12-26-30/h1-5,10,12-14,16H,6-9,11H2,(H,23,31). The molecule has 0 spiro atoms. The molecule has 1 saturated heterocycles. The molecule has 0 unspecified atom stereocenters. The minimum Gasteiger partial charge on any atom is -0.356 e. The third-order valence-corrected chi connectivity index (χ3v) is 5.40. The van der Waals surface area contributed by atoms with Crippen molar-refractivity contribution in [3.8, 4) is 17.2 Å². The summed E-state index contributed by atoms with van der Waals surface area (Å²) in [6.45, 7) is 1.67. The van der Waals surface area contributed by atoms with Crippen LogP contribution in [-0.2, 0) is 11.3 Å². The van der Waals surface area contributed by atoms with Crippen molar-refractivity contribution in [2.45, 2.75) is 19.4 Å². The lowest BCUT2D eigenvalue weighted by Crippen LogP contribution is -2.40. The van der Waals surface area contributed by atoms with E-state index < -0.39 is 0 Å². The lowest BCUT2D eigenvalue weighted by atomic mass is 9.96. The van der Waals surface area contributed by atoms with E-state index in [1.54, 1.807) is 11.0 Å². The molecule has 0 radical (unpaired) electrons. The molecule has 32 heavy (non-hydrogen) atoms. The van der Waals surface area contributed by atoms with Crippen LogP contribution in [-0.4, -0.2) is 53.9 Å². The number of hydrogen-bond donors (Lipinski definition) is 1. The molecule has 3 aromatic heterocycles. The van der Waals surface area contributed by atoms with Crippen molar-refractivity contribution in [1.29, 1.82) is 0 Å². The van der Waals surface area contributed by atoms with Crippen LogP contribution in [0.1, 0.15) is 18.7 Å². The van der Waals surface area contributed by atoms with Crippen LogP contribution < -0.4 is 10.2 Å². The Morgan fingerprint density at radius 2 is 1.91 bits per heavy atom. The van der Waals surface area contributed by atoms with Crippen LogP contribution >= 0.6 is 0 Å². The van der Waals surface area contributed by atoms with Gasteiger partial charge in [-0.1, -0.05) is 35.5 Å². The van der Waals surface area contributed by atoms with Gasteiger partial charge in [0.1, 0.15) is 24.8 Å². The Balaban J connectivity index is 1.14. The quantitative estimate of drug-likeness (QED) is 0.484. The van der Waals surface area contributed by atoms with E-state index in [1.165, 1.54) is 12.7 Å². The topological polar surface area (TPSA) is 128 Å². The predicted molar refractivity (Wildman–Crippen MR) is 113 cm³/mol. The van der Waals surface area contributed by atoms with Gasteiger partial charge >= 0.3 is 0 Å². The normalized spacial score (nSPS) is 14.4. The molecule has 0 saturated carbocycles. The zero-order valence-electron chi connectivity index (χ0n) is 17.2. The Kier molecular flexibility index (Phi) is 5.52. The predicted octanol–water partition coefficient (Wildman–Crippen LogP) is 1.64. The first-order chi connectivity index (χ1) is 15.8. The minimum atomic E-state index is -0.0700. The first-order valence-electron chi connectivity index (χ1n) is 10.3. The summed E-state index contributed by atoms with van der Waals surface area (Å²) in [5.74, 6) is 2.29. The van der Waals surface area contributed by atoms with E-state index in [2.05, 4.69) is 40.4 Å². The van der Waals surface area contributed by atoms with Crippen molar-refractivity contribution in [2.75, 3.05) is 18.0 Å². The van der Waals surface area contributed by atoms with Gasteiger partial charge in [-0.25, -0.2) is 19.6 Å². The number of carbonyl (C=O) groups excluding carboxylic acids is 1. The maximum atomic E-state index is 12.6. The molecule has 1 aromatic carbocycles. The van der Waals surface area contributed by atoms with E-state index in [0.29, 0.717) is 17.5 Å². The van der Waals surface area contributed by atoms with Crippen LogP contribution in [0.5, 0.6) is 0 Å². The summed E-state index contributed by atoms with van der Waals surface area (Å²) in [7, 11) is 0. The molecule has 5 rings (SSSR count). The van der Waals surface area contributed by atoms with Gasteiger partial charge in [-0.2, -0.15) is 10.1 Å². The highest BCUT2D eigenvalue weighted by atomic mass is 16.5. The largest absolute Gasteiger partial charge is 0.356 e. The molecule has 1 fully saturated rings. The van der Waals surface area contributed by atoms with Gasteiger partial charge in [0.05, 0.1) is 6.54 Å². The fourth-order valence-corrected chi connectivity index (χ4v) is 3.67. The van der Waals surface area contributed by atoms with Crippen LogP contribution in [0, 0.1) is 5.92 Å². The molecule has 0 atom stereocenters. The lowest BCUT2D eigenvalue weighted by Gasteiger charge is -2.32. The summed E-state index contributed by atoms with van der Waals surface area (Å²) in [6.07, 6.45) is 6.03. The number of nitrogens with one attached hydrogen (secondary N) is 1. The number of hydrogen-bond acceptors (Lipinski definition) is 9. The number of anilines is 1. The minimum absolute atomic E-state index is 0.00453. The smallest absolute Gasteiger partial charge is 0.246 e. The summed E-state index contributed by atoms with van der Waals surface area (Å²) in [6, 6.07) is 11.4. The van der Waals surface area contributed by atoms with Gasteiger partial charge in [0.2, 0.25) is 17.6 Å². The third-order valence-electron chi connectivity index (χ3n) is 5.40. The van der Waals surface area contributed by atoms with Crippen molar-refractivity contribution in [3.63, 3.8) is 0 Å². The van der Waals surface area contributed by atoms with Gasteiger partial charge in [0.25, 0.3) is 0 Å². The highest BCUT2D eigenvalue weighted by Crippen LogP contribution is 2.23. The van der Waals surface area contributed by atoms with Gasteiger partial charge < -0.3 is 14.7 Å². The number of aromatic nitrogens is 7. The molecule has 0 aliphatic carbocycles. The van der Waals surface area contributed by atoms with Crippen LogP contribution in [0.2, 0.25) is 0 Å². The molecule has 11 heteroatoms. The van der Waals surface area contributed by atoms with E-state index in [0.717, 1.165) is 37.3 Å². The van der Waals surface area contributed by atoms with E-state index in [9.17, 15) is 4.79 Å². The number of rotatable bonds is 6. The van der Waals surface area contributed by atoms with Crippen molar-refractivity contribution >= 4 is 11.7 Å². The zero-order chi connectivity index (χ0) is 21.8. The molecule has 1 aliphatic heterocycles. The van der Waals surface area contributed by atoms with Gasteiger partial charge in [0, 0.05) is 30.6 Å². The zero-order valence-corrected chi connectivity index (χ0v) is 17.2. The third kappa shape index (κ3) is 4.31. The highest BCUT2D eigenvalue weighted by Gasteiger charge is 2.26. The van der Waals surface area contributed by atoms with Gasteiger partial charge in [-0.3, -0.25) is 4.79 Å². The Morgan fingerprint density at radius 1 is 1.09 bits per heavy atom. The fraction of sp³-hybridized carbons (Fsp3) is 0.286. The summed E-state index contributed by atoms with van der Waals surface area (Å²) >= 11 is 0. The molecule has 1 N–H and O–H groups in total. The number of nitrogens with zero attached hydrogens (tertiary/aromatic N) is 8. The average molecular weight is 431 g/mol. The van der Waals surface area contributed by atoms with E-state index >= 15 is 0 Å². The van der Waals surface area contributed by atoms with Crippen LogP contribution in [0.25, 0.3) is 17.2 Å². The van der Waals surface area contributed by atoms with Gasteiger partial charge in [0.15, 0.2) is 5.82 Å². The van der Waals surface area contributed by atoms with Crippen LogP contribution in [0.4, 0.5) is 5.82 Å². The Bertz CT molecular complexity index is 1170. The van der Waals surface area contributed by atoms with E-state index in [4.69, 9.17) is 4.52 Å². The SMILES string of the molecule is O=C(NCc1nc(-c2ccccc2)no1)C1CCN(c2cc(-n3cncn3)ncn2)CC1. The molecule has 4 heterocycles. The molecular formula is C21H21N9O2. The second-order valence-corrected chi connectivity index (χ2v) is 7.43. The highest BCUT2D eigenvalue weighted by molar-refractivity contribution is 5.78. The Hall–Kier alpha value is -4.15. The average Bonchev–Trinajstić information content (AvgIpc) is 3.56. The molecule has 4 aromatic rings. The van der Waals surface area contributed by atoms with Crippen molar-refractivity contribution in [1.82, 2.24) is 40.2 Å². The van der Waals surface area contributed by atoms with Crippen LogP contribution in [0.3, 0.4) is 0 Å². The second kappa shape index (κ2) is 8.92. The van der Waals surface area contributed by atoms with Crippen molar-refractivity contribution in [3.05, 3.63) is 61.3 Å². The molecule has 162 valence electrons. The Morgan fingerprint density at radius 3 is 2.69 bits per heavy atom. The fourth-order valence-electron chi connectivity index (χ4n) is 3.67. The Labute approximate surface area is 183 Å². The summed E-state index contributed by atoms with van der Waals surface area (Å²) < 4.78 is 6.85. The first-order valence-corrected chi connectivity index (χ1v) is 10.3. The van der Waals surface area contributed by atoms with Gasteiger partial charge in [-0.15, -0.1) is 0 Å². The first kappa shape index (κ1) is 19.8. The van der Waals surface area contributed by atoms with Gasteiger partial charge in [-0.05, 0) is 12.8 Å². The van der Waals surface area contributed by atoms with E-state index in [-0.39, 0.29) is 18.4 Å². The van der Waals surface area contributed by atoms with Crippen molar-refractivity contribution in [2.24, 2.45) is 5.92 Å². The summed E-state index contributed by atoms with van der Waals surface area (Å²) in [4.78, 5) is 31.7. The number of carbonyl (C=O) groups is 1. The molecule has 11 nitrogen and oxygen atoms in total. The molecule has 1 aliphatic rings. The monoisotopic (exact) mass is 431 g/mol.